The summed E-state index contributed by atoms with van der Waals surface area (Å²) in [5.41, 5.74) is 2.65. The highest BCUT2D eigenvalue weighted by atomic mass is 16.6. The second kappa shape index (κ2) is 5.92. The van der Waals surface area contributed by atoms with Crippen LogP contribution in [0.5, 0.6) is 0 Å². The van der Waals surface area contributed by atoms with E-state index in [1.165, 1.54) is 12.0 Å². The van der Waals surface area contributed by atoms with E-state index < -0.39 is 12.3 Å². The number of aryl methyl sites for hydroxylation is 2. The first-order chi connectivity index (χ1) is 9.54. The normalized spacial score (nSPS) is 15.9. The molecule has 6 heteroatoms. The van der Waals surface area contributed by atoms with Crippen molar-refractivity contribution in [2.24, 2.45) is 0 Å². The van der Waals surface area contributed by atoms with Crippen LogP contribution in [0.1, 0.15) is 11.1 Å². The van der Waals surface area contributed by atoms with Crippen molar-refractivity contribution in [1.82, 2.24) is 4.90 Å². The summed E-state index contributed by atoms with van der Waals surface area (Å²) < 4.78 is 9.95. The summed E-state index contributed by atoms with van der Waals surface area (Å²) in [5, 5.41) is 2.81. The van der Waals surface area contributed by atoms with Gasteiger partial charge in [-0.3, -0.25) is 9.69 Å². The summed E-state index contributed by atoms with van der Waals surface area (Å²) in [4.78, 5) is 25.1. The third kappa shape index (κ3) is 2.75. The molecule has 1 saturated heterocycles. The molecule has 0 spiro atoms. The van der Waals surface area contributed by atoms with E-state index in [4.69, 9.17) is 9.47 Å². The van der Waals surface area contributed by atoms with Gasteiger partial charge in [-0.15, -0.1) is 0 Å². The smallest absolute Gasteiger partial charge is 0.412 e. The monoisotopic (exact) mass is 278 g/mol. The van der Waals surface area contributed by atoms with Crippen LogP contribution in [0.2, 0.25) is 0 Å². The molecule has 1 aromatic rings. The van der Waals surface area contributed by atoms with Crippen molar-refractivity contribution in [2.75, 3.05) is 25.6 Å². The zero-order valence-electron chi connectivity index (χ0n) is 11.8. The van der Waals surface area contributed by atoms with Crippen LogP contribution >= 0.6 is 0 Å². The van der Waals surface area contributed by atoms with Gasteiger partial charge in [-0.2, -0.15) is 0 Å². The minimum atomic E-state index is -0.982. The Kier molecular flexibility index (Phi) is 4.24. The fraction of sp³-hybridized carbons (Fsp3) is 0.429. The predicted octanol–water partition coefficient (Wildman–Crippen LogP) is 1.67. The fourth-order valence-corrected chi connectivity index (χ4v) is 2.19. The van der Waals surface area contributed by atoms with Gasteiger partial charge in [0.15, 0.2) is 0 Å². The second-order valence-corrected chi connectivity index (χ2v) is 4.65. The Morgan fingerprint density at radius 3 is 2.55 bits per heavy atom. The van der Waals surface area contributed by atoms with E-state index >= 15 is 0 Å². The first kappa shape index (κ1) is 14.3. The highest BCUT2D eigenvalue weighted by Crippen LogP contribution is 2.20. The van der Waals surface area contributed by atoms with Gasteiger partial charge in [-0.25, -0.2) is 4.79 Å². The van der Waals surface area contributed by atoms with Crippen LogP contribution in [-0.4, -0.2) is 43.4 Å². The molecule has 1 atom stereocenters. The van der Waals surface area contributed by atoms with Crippen molar-refractivity contribution < 1.29 is 19.1 Å². The van der Waals surface area contributed by atoms with Crippen LogP contribution in [0.15, 0.2) is 18.2 Å². The summed E-state index contributed by atoms with van der Waals surface area (Å²) in [5.74, 6) is -0.385. The molecule has 1 aliphatic heterocycles. The molecule has 108 valence electrons. The minimum Gasteiger partial charge on any atom is -0.447 e. The van der Waals surface area contributed by atoms with Crippen LogP contribution in [0.25, 0.3) is 0 Å². The standard InChI is InChI=1S/C14H18N2O4/c1-9-5-4-6-10(2)11(9)15-12(17)13(19-3)16-7-8-20-14(16)18/h4-6,13H,7-8H2,1-3H3,(H,15,17). The molecule has 6 nitrogen and oxygen atoms in total. The fourth-order valence-electron chi connectivity index (χ4n) is 2.19. The molecule has 1 fully saturated rings. The highest BCUT2D eigenvalue weighted by molar-refractivity contribution is 5.97. The number of rotatable bonds is 4. The van der Waals surface area contributed by atoms with Crippen LogP contribution in [0, 0.1) is 13.8 Å². The topological polar surface area (TPSA) is 67.9 Å². The Morgan fingerprint density at radius 1 is 1.40 bits per heavy atom. The van der Waals surface area contributed by atoms with Gasteiger partial charge in [0.05, 0.1) is 6.54 Å². The quantitative estimate of drug-likeness (QED) is 0.909. The number of ether oxygens (including phenoxy) is 2. The van der Waals surface area contributed by atoms with Crippen LogP contribution in [0.4, 0.5) is 10.5 Å². The second-order valence-electron chi connectivity index (χ2n) is 4.65. The number of hydrogen-bond donors (Lipinski definition) is 1. The van der Waals surface area contributed by atoms with E-state index in [1.807, 2.05) is 32.0 Å². The van der Waals surface area contributed by atoms with E-state index in [9.17, 15) is 9.59 Å². The molecule has 2 rings (SSSR count). The van der Waals surface area contributed by atoms with Gasteiger partial charge in [0.2, 0.25) is 6.23 Å². The van der Waals surface area contributed by atoms with Crippen molar-refractivity contribution in [2.45, 2.75) is 20.1 Å². The lowest BCUT2D eigenvalue weighted by molar-refractivity contribution is -0.133. The van der Waals surface area contributed by atoms with E-state index in [0.29, 0.717) is 6.54 Å². The van der Waals surface area contributed by atoms with Gasteiger partial charge in [0.25, 0.3) is 5.91 Å². The molecule has 0 aliphatic carbocycles. The van der Waals surface area contributed by atoms with Gasteiger partial charge in [-0.1, -0.05) is 18.2 Å². The summed E-state index contributed by atoms with van der Waals surface area (Å²) in [7, 11) is 1.39. The molecular weight excluding hydrogens is 260 g/mol. The molecule has 20 heavy (non-hydrogen) atoms. The zero-order chi connectivity index (χ0) is 14.7. The van der Waals surface area contributed by atoms with E-state index in [0.717, 1.165) is 16.8 Å². The van der Waals surface area contributed by atoms with Crippen molar-refractivity contribution in [1.29, 1.82) is 0 Å². The SMILES string of the molecule is COC(C(=O)Nc1c(C)cccc1C)N1CCOC1=O. The lowest BCUT2D eigenvalue weighted by Crippen LogP contribution is -2.46. The average molecular weight is 278 g/mol. The van der Waals surface area contributed by atoms with E-state index in [-0.39, 0.29) is 12.5 Å². The maximum atomic E-state index is 12.3. The van der Waals surface area contributed by atoms with Gasteiger partial charge in [-0.05, 0) is 25.0 Å². The number of nitrogens with zero attached hydrogens (tertiary/aromatic N) is 1. The number of benzene rings is 1. The number of para-hydroxylation sites is 1. The van der Waals surface area contributed by atoms with Crippen LogP contribution < -0.4 is 5.32 Å². The molecule has 0 saturated carbocycles. The van der Waals surface area contributed by atoms with E-state index in [1.54, 1.807) is 0 Å². The largest absolute Gasteiger partial charge is 0.447 e. The maximum Gasteiger partial charge on any atom is 0.412 e. The molecule has 0 aromatic heterocycles. The highest BCUT2D eigenvalue weighted by Gasteiger charge is 2.34. The lowest BCUT2D eigenvalue weighted by atomic mass is 10.1. The summed E-state index contributed by atoms with van der Waals surface area (Å²) in [6.45, 7) is 4.44. The van der Waals surface area contributed by atoms with Gasteiger partial charge in [0, 0.05) is 12.8 Å². The van der Waals surface area contributed by atoms with Gasteiger partial charge < -0.3 is 14.8 Å². The zero-order valence-corrected chi connectivity index (χ0v) is 11.8. The molecule has 0 radical (unpaired) electrons. The lowest BCUT2D eigenvalue weighted by Gasteiger charge is -2.23. The number of carbonyl (C=O) groups is 2. The van der Waals surface area contributed by atoms with Crippen molar-refractivity contribution >= 4 is 17.7 Å². The number of carbonyl (C=O) groups excluding carboxylic acids is 2. The molecular formula is C14H18N2O4. The Hall–Kier alpha value is -2.08. The number of anilines is 1. The third-order valence-electron chi connectivity index (χ3n) is 3.25. The minimum absolute atomic E-state index is 0.273. The molecule has 1 heterocycles. The molecule has 1 unspecified atom stereocenters. The van der Waals surface area contributed by atoms with Gasteiger partial charge >= 0.3 is 6.09 Å². The molecule has 1 aliphatic rings. The predicted molar refractivity (Wildman–Crippen MR) is 73.4 cm³/mol. The van der Waals surface area contributed by atoms with Crippen LogP contribution in [-0.2, 0) is 14.3 Å². The summed E-state index contributed by atoms with van der Waals surface area (Å²) >= 11 is 0. The molecule has 1 aromatic carbocycles. The van der Waals surface area contributed by atoms with Crippen molar-refractivity contribution in [3.63, 3.8) is 0 Å². The maximum absolute atomic E-state index is 12.3. The summed E-state index contributed by atoms with van der Waals surface area (Å²) in [6.07, 6.45) is -1.52. The third-order valence-corrected chi connectivity index (χ3v) is 3.25. The number of amides is 2. The number of methoxy groups -OCH3 is 1. The van der Waals surface area contributed by atoms with Crippen molar-refractivity contribution in [3.8, 4) is 0 Å². The Balaban J connectivity index is 2.15. The summed E-state index contributed by atoms with van der Waals surface area (Å²) in [6, 6.07) is 5.75. The Morgan fingerprint density at radius 2 is 2.05 bits per heavy atom. The average Bonchev–Trinajstić information content (AvgIpc) is 2.82. The number of hydrogen-bond acceptors (Lipinski definition) is 4. The first-order valence-electron chi connectivity index (χ1n) is 6.38. The van der Waals surface area contributed by atoms with Crippen molar-refractivity contribution in [3.05, 3.63) is 29.3 Å². The molecule has 2 amide bonds. The Bertz CT molecular complexity index is 510. The van der Waals surface area contributed by atoms with Gasteiger partial charge in [0.1, 0.15) is 6.61 Å². The molecule has 0 bridgehead atoms. The Labute approximate surface area is 117 Å². The molecule has 1 N–H and O–H groups in total. The van der Waals surface area contributed by atoms with E-state index in [2.05, 4.69) is 5.32 Å². The number of cyclic esters (lactones) is 1. The number of nitrogens with one attached hydrogen (secondary N) is 1. The first-order valence-corrected chi connectivity index (χ1v) is 6.38. The van der Waals surface area contributed by atoms with Crippen LogP contribution in [0.3, 0.4) is 0 Å².